The summed E-state index contributed by atoms with van der Waals surface area (Å²) in [7, 11) is 0. The molecule has 2 N–H and O–H groups in total. The van der Waals surface area contributed by atoms with E-state index in [1.807, 2.05) is 0 Å². The van der Waals surface area contributed by atoms with E-state index in [4.69, 9.17) is 4.74 Å². The van der Waals surface area contributed by atoms with Crippen molar-refractivity contribution >= 4 is 6.09 Å². The van der Waals surface area contributed by atoms with Gasteiger partial charge in [0.05, 0.1) is 0 Å². The first-order valence-electron chi connectivity index (χ1n) is 8.83. The van der Waals surface area contributed by atoms with Crippen molar-refractivity contribution in [2.24, 2.45) is 11.8 Å². The summed E-state index contributed by atoms with van der Waals surface area (Å²) in [5.74, 6) is 1.30. The number of alkyl carbamates (subject to hydrolysis) is 1. The summed E-state index contributed by atoms with van der Waals surface area (Å²) < 4.78 is 5.65. The molecule has 4 nitrogen and oxygen atoms in total. The molecule has 0 radical (unpaired) electrons. The van der Waals surface area contributed by atoms with Crippen LogP contribution in [0.5, 0.6) is 0 Å². The Kier molecular flexibility index (Phi) is 6.81. The number of carbonyl (C=O) groups is 1. The number of ether oxygens (including phenoxy) is 1. The van der Waals surface area contributed by atoms with Gasteiger partial charge in [-0.15, -0.1) is 0 Å². The van der Waals surface area contributed by atoms with Gasteiger partial charge in [-0.05, 0) is 50.5 Å². The molecule has 1 saturated heterocycles. The van der Waals surface area contributed by atoms with Gasteiger partial charge in [0, 0.05) is 12.6 Å². The van der Waals surface area contributed by atoms with Crippen molar-refractivity contribution in [2.45, 2.75) is 77.4 Å². The zero-order valence-electron chi connectivity index (χ0n) is 13.7. The van der Waals surface area contributed by atoms with Crippen molar-refractivity contribution in [1.29, 1.82) is 0 Å². The van der Waals surface area contributed by atoms with Crippen LogP contribution in [0.3, 0.4) is 0 Å². The predicted octanol–water partition coefficient (Wildman–Crippen LogP) is 3.46. The summed E-state index contributed by atoms with van der Waals surface area (Å²) in [6.45, 7) is 6.43. The molecule has 1 amide bonds. The summed E-state index contributed by atoms with van der Waals surface area (Å²) in [5, 5.41) is 6.49. The van der Waals surface area contributed by atoms with Crippen LogP contribution in [0.15, 0.2) is 0 Å². The molecule has 0 aromatic heterocycles. The monoisotopic (exact) mass is 296 g/mol. The second kappa shape index (κ2) is 8.62. The van der Waals surface area contributed by atoms with E-state index in [1.54, 1.807) is 0 Å². The molecule has 21 heavy (non-hydrogen) atoms. The van der Waals surface area contributed by atoms with Gasteiger partial charge in [0.25, 0.3) is 0 Å². The van der Waals surface area contributed by atoms with Crippen molar-refractivity contribution in [3.63, 3.8) is 0 Å². The third-order valence-electron chi connectivity index (χ3n) is 4.98. The number of carbonyl (C=O) groups excluding carboxylic acids is 1. The fourth-order valence-electron chi connectivity index (χ4n) is 3.48. The Hall–Kier alpha value is -0.770. The van der Waals surface area contributed by atoms with Crippen molar-refractivity contribution in [3.05, 3.63) is 0 Å². The van der Waals surface area contributed by atoms with Gasteiger partial charge >= 0.3 is 6.09 Å². The fourth-order valence-corrected chi connectivity index (χ4v) is 3.48. The van der Waals surface area contributed by atoms with E-state index in [0.717, 1.165) is 32.4 Å². The quantitative estimate of drug-likeness (QED) is 0.838. The van der Waals surface area contributed by atoms with Crippen LogP contribution in [0.4, 0.5) is 4.79 Å². The van der Waals surface area contributed by atoms with Gasteiger partial charge < -0.3 is 15.4 Å². The molecule has 4 heteroatoms. The van der Waals surface area contributed by atoms with E-state index in [1.165, 1.54) is 32.1 Å². The second-order valence-corrected chi connectivity index (χ2v) is 7.11. The molecule has 2 fully saturated rings. The molecule has 0 bridgehead atoms. The van der Waals surface area contributed by atoms with E-state index < -0.39 is 0 Å². The first-order chi connectivity index (χ1) is 10.1. The van der Waals surface area contributed by atoms with E-state index in [9.17, 15) is 4.79 Å². The van der Waals surface area contributed by atoms with E-state index in [-0.39, 0.29) is 18.2 Å². The topological polar surface area (TPSA) is 50.4 Å². The van der Waals surface area contributed by atoms with Crippen molar-refractivity contribution in [2.75, 3.05) is 13.1 Å². The molecule has 0 aromatic carbocycles. The van der Waals surface area contributed by atoms with E-state index in [2.05, 4.69) is 24.5 Å². The molecule has 2 unspecified atom stereocenters. The third-order valence-corrected chi connectivity index (χ3v) is 4.98. The highest BCUT2D eigenvalue weighted by Gasteiger charge is 2.26. The minimum Gasteiger partial charge on any atom is -0.446 e. The van der Waals surface area contributed by atoms with Gasteiger partial charge in [-0.3, -0.25) is 0 Å². The zero-order chi connectivity index (χ0) is 15.1. The lowest BCUT2D eigenvalue weighted by Crippen LogP contribution is -2.50. The Labute approximate surface area is 129 Å². The van der Waals surface area contributed by atoms with Crippen molar-refractivity contribution < 1.29 is 9.53 Å². The molecule has 0 aromatic rings. The van der Waals surface area contributed by atoms with Crippen molar-refractivity contribution in [3.8, 4) is 0 Å². The SMILES string of the molecule is CC(C)C1CNCC(NC(=O)OC2CCCCCCC2)C1. The Morgan fingerprint density at radius 3 is 2.43 bits per heavy atom. The number of hydrogen-bond donors (Lipinski definition) is 2. The average molecular weight is 296 g/mol. The van der Waals surface area contributed by atoms with Gasteiger partial charge in [-0.1, -0.05) is 33.1 Å². The summed E-state index contributed by atoms with van der Waals surface area (Å²) >= 11 is 0. The van der Waals surface area contributed by atoms with Crippen LogP contribution in [-0.2, 0) is 4.74 Å². The number of amides is 1. The smallest absolute Gasteiger partial charge is 0.407 e. The van der Waals surface area contributed by atoms with Gasteiger partial charge in [0.2, 0.25) is 0 Å². The summed E-state index contributed by atoms with van der Waals surface area (Å²) in [5.41, 5.74) is 0. The van der Waals surface area contributed by atoms with Crippen LogP contribution in [0.1, 0.15) is 65.2 Å². The van der Waals surface area contributed by atoms with Gasteiger partial charge in [-0.2, -0.15) is 0 Å². The zero-order valence-corrected chi connectivity index (χ0v) is 13.7. The summed E-state index contributed by atoms with van der Waals surface area (Å²) in [4.78, 5) is 12.1. The summed E-state index contributed by atoms with van der Waals surface area (Å²) in [6, 6.07) is 0.215. The van der Waals surface area contributed by atoms with Crippen LogP contribution >= 0.6 is 0 Å². The lowest BCUT2D eigenvalue weighted by molar-refractivity contribution is 0.0764. The minimum atomic E-state index is -0.211. The number of hydrogen-bond acceptors (Lipinski definition) is 3. The molecular formula is C17H32N2O2. The maximum atomic E-state index is 12.1. The molecule has 1 aliphatic carbocycles. The highest BCUT2D eigenvalue weighted by atomic mass is 16.6. The van der Waals surface area contributed by atoms with Crippen LogP contribution < -0.4 is 10.6 Å². The maximum Gasteiger partial charge on any atom is 0.407 e. The molecule has 2 aliphatic rings. The lowest BCUT2D eigenvalue weighted by Gasteiger charge is -2.33. The number of rotatable bonds is 3. The number of nitrogens with one attached hydrogen (secondary N) is 2. The van der Waals surface area contributed by atoms with Gasteiger partial charge in [0.1, 0.15) is 6.10 Å². The first kappa shape index (κ1) is 16.6. The largest absolute Gasteiger partial charge is 0.446 e. The normalized spacial score (nSPS) is 28.7. The first-order valence-corrected chi connectivity index (χ1v) is 8.83. The van der Waals surface area contributed by atoms with Crippen molar-refractivity contribution in [1.82, 2.24) is 10.6 Å². The Balaban J connectivity index is 1.72. The molecule has 0 spiro atoms. The van der Waals surface area contributed by atoms with Gasteiger partial charge in [-0.25, -0.2) is 4.79 Å². The Morgan fingerprint density at radius 1 is 1.10 bits per heavy atom. The molecule has 1 aliphatic heterocycles. The van der Waals surface area contributed by atoms with E-state index in [0.29, 0.717) is 11.8 Å². The van der Waals surface area contributed by atoms with Crippen LogP contribution in [-0.4, -0.2) is 31.3 Å². The number of piperidine rings is 1. The highest BCUT2D eigenvalue weighted by molar-refractivity contribution is 5.67. The molecule has 2 atom stereocenters. The summed E-state index contributed by atoms with van der Waals surface area (Å²) in [6.07, 6.45) is 9.33. The highest BCUT2D eigenvalue weighted by Crippen LogP contribution is 2.21. The predicted molar refractivity (Wildman–Crippen MR) is 85.3 cm³/mol. The molecular weight excluding hydrogens is 264 g/mol. The minimum absolute atomic E-state index is 0.128. The Bertz CT molecular complexity index is 312. The molecule has 122 valence electrons. The van der Waals surface area contributed by atoms with Crippen LogP contribution in [0.25, 0.3) is 0 Å². The standard InChI is InChI=1S/C17H32N2O2/c1-13(2)14-10-15(12-18-11-14)19-17(20)21-16-8-6-4-3-5-7-9-16/h13-16,18H,3-12H2,1-2H3,(H,19,20). The molecule has 1 saturated carbocycles. The molecule has 2 rings (SSSR count). The van der Waals surface area contributed by atoms with Gasteiger partial charge in [0.15, 0.2) is 0 Å². The fraction of sp³-hybridized carbons (Fsp3) is 0.941. The third kappa shape index (κ3) is 5.85. The van der Waals surface area contributed by atoms with Crippen LogP contribution in [0.2, 0.25) is 0 Å². The molecule has 1 heterocycles. The second-order valence-electron chi connectivity index (χ2n) is 7.11. The average Bonchev–Trinajstić information content (AvgIpc) is 2.42. The maximum absolute atomic E-state index is 12.1. The van der Waals surface area contributed by atoms with E-state index >= 15 is 0 Å². The van der Waals surface area contributed by atoms with Crippen LogP contribution in [0, 0.1) is 11.8 Å². The Morgan fingerprint density at radius 2 is 1.76 bits per heavy atom. The lowest BCUT2D eigenvalue weighted by atomic mass is 9.86.